The van der Waals surface area contributed by atoms with Crippen LogP contribution in [0.3, 0.4) is 0 Å². The van der Waals surface area contributed by atoms with E-state index in [1.54, 1.807) is 28.4 Å². The second-order valence-electron chi connectivity index (χ2n) is 4.80. The minimum Gasteiger partial charge on any atom is -0.348 e. The molecule has 0 aromatic carbocycles. The van der Waals surface area contributed by atoms with Gasteiger partial charge >= 0.3 is 0 Å². The Labute approximate surface area is 141 Å². The molecule has 1 aromatic heterocycles. The Bertz CT molecular complexity index is 518. The topological polar surface area (TPSA) is 49.8 Å². The Balaban J connectivity index is 2.81. The Morgan fingerprint density at radius 2 is 1.38 bits per heavy atom. The van der Waals surface area contributed by atoms with Gasteiger partial charge in [-0.25, -0.2) is 0 Å². The molecule has 0 unspecified atom stereocenters. The predicted octanol–water partition coefficient (Wildman–Crippen LogP) is 2.82. The van der Waals surface area contributed by atoms with E-state index in [0.29, 0.717) is 5.69 Å². The Hall–Kier alpha value is -0.0500. The monoisotopic (exact) mass is 423 g/mol. The number of aryl methyl sites for hydroxylation is 1. The van der Waals surface area contributed by atoms with Crippen molar-refractivity contribution in [3.05, 3.63) is 29.1 Å². The summed E-state index contributed by atoms with van der Waals surface area (Å²) in [6, 6.07) is 3.85. The van der Waals surface area contributed by atoms with Crippen LogP contribution in [-0.2, 0) is 30.5 Å². The highest BCUT2D eigenvalue weighted by Crippen LogP contribution is 2.52. The summed E-state index contributed by atoms with van der Waals surface area (Å²) in [5.41, 5.74) is 2.29. The van der Waals surface area contributed by atoms with Crippen LogP contribution < -0.4 is 0 Å². The van der Waals surface area contributed by atoms with Gasteiger partial charge in [0.05, 0.1) is 9.65 Å². The van der Waals surface area contributed by atoms with Crippen molar-refractivity contribution in [3.8, 4) is 0 Å². The van der Waals surface area contributed by atoms with Crippen molar-refractivity contribution in [2.45, 2.75) is 28.2 Å². The van der Waals surface area contributed by atoms with Crippen LogP contribution in [0.1, 0.15) is 17.0 Å². The molecule has 0 bridgehead atoms. The van der Waals surface area contributed by atoms with E-state index in [2.05, 4.69) is 36.8 Å². The second-order valence-corrected chi connectivity index (χ2v) is 6.78. The van der Waals surface area contributed by atoms with Crippen molar-refractivity contribution >= 4 is 31.9 Å². The number of nitrogens with zero attached hydrogens (tertiary/aromatic N) is 1. The van der Waals surface area contributed by atoms with Crippen LogP contribution in [0, 0.1) is 6.92 Å². The van der Waals surface area contributed by atoms with Crippen LogP contribution >= 0.6 is 31.9 Å². The van der Waals surface area contributed by atoms with Crippen molar-refractivity contribution < 1.29 is 18.9 Å². The second kappa shape index (κ2) is 6.22. The number of alkyl halides is 2. The van der Waals surface area contributed by atoms with Gasteiger partial charge in [-0.1, -0.05) is 31.9 Å². The third-order valence-corrected chi connectivity index (χ3v) is 6.91. The van der Waals surface area contributed by atoms with Crippen LogP contribution in [0.2, 0.25) is 0 Å². The standard InChI is InChI=1S/C14H19Br2NO4/c1-8-6-7-9-12(17-8)14(20-4,21-5)11(16)10(15)13(9,18-2)19-3/h6-7,10-11H,1-5H3/t10-,11-/m1/s1. The molecule has 1 aromatic rings. The lowest BCUT2D eigenvalue weighted by Crippen LogP contribution is -2.59. The van der Waals surface area contributed by atoms with E-state index in [-0.39, 0.29) is 9.65 Å². The van der Waals surface area contributed by atoms with Crippen LogP contribution in [0.5, 0.6) is 0 Å². The number of rotatable bonds is 4. The fourth-order valence-corrected chi connectivity index (χ4v) is 4.71. The highest BCUT2D eigenvalue weighted by atomic mass is 79.9. The molecule has 0 saturated carbocycles. The van der Waals surface area contributed by atoms with E-state index in [1.807, 2.05) is 19.1 Å². The average molecular weight is 425 g/mol. The van der Waals surface area contributed by atoms with Crippen LogP contribution in [0.25, 0.3) is 0 Å². The molecule has 7 heteroatoms. The molecular weight excluding hydrogens is 406 g/mol. The molecule has 5 nitrogen and oxygen atoms in total. The maximum atomic E-state index is 5.71. The normalized spacial score (nSPS) is 26.4. The summed E-state index contributed by atoms with van der Waals surface area (Å²) in [4.78, 5) is 4.10. The maximum absolute atomic E-state index is 5.71. The molecule has 0 amide bonds. The highest BCUT2D eigenvalue weighted by molar-refractivity contribution is 9.12. The summed E-state index contributed by atoms with van der Waals surface area (Å²) in [5.74, 6) is -2.01. The van der Waals surface area contributed by atoms with Gasteiger partial charge in [0.25, 0.3) is 0 Å². The molecule has 1 aliphatic carbocycles. The number of hydrogen-bond donors (Lipinski definition) is 0. The summed E-state index contributed by atoms with van der Waals surface area (Å²) < 4.78 is 22.8. The van der Waals surface area contributed by atoms with Crippen molar-refractivity contribution in [1.82, 2.24) is 4.98 Å². The SMILES string of the molecule is COC1(OC)c2ccc(C)nc2C(OC)(OC)[C@H](Br)[C@H]1Br. The summed E-state index contributed by atoms with van der Waals surface area (Å²) in [6.45, 7) is 1.92. The Morgan fingerprint density at radius 1 is 0.905 bits per heavy atom. The average Bonchev–Trinajstić information content (AvgIpc) is 2.51. The zero-order chi connectivity index (χ0) is 15.8. The third kappa shape index (κ3) is 2.29. The first-order chi connectivity index (χ1) is 9.93. The lowest BCUT2D eigenvalue weighted by molar-refractivity contribution is -0.270. The minimum absolute atomic E-state index is 0.253. The molecule has 118 valence electrons. The highest BCUT2D eigenvalue weighted by Gasteiger charge is 2.60. The fourth-order valence-electron chi connectivity index (χ4n) is 2.80. The Kier molecular flexibility index (Phi) is 5.12. The fraction of sp³-hybridized carbons (Fsp3) is 0.643. The smallest absolute Gasteiger partial charge is 0.226 e. The lowest BCUT2D eigenvalue weighted by atomic mass is 9.84. The molecule has 2 rings (SSSR count). The zero-order valence-electron chi connectivity index (χ0n) is 12.6. The maximum Gasteiger partial charge on any atom is 0.226 e. The molecule has 0 saturated heterocycles. The molecule has 0 radical (unpaired) electrons. The van der Waals surface area contributed by atoms with Crippen LogP contribution in [0.4, 0.5) is 0 Å². The Morgan fingerprint density at radius 3 is 1.86 bits per heavy atom. The third-order valence-electron chi connectivity index (χ3n) is 3.94. The summed E-state index contributed by atoms with van der Waals surface area (Å²) >= 11 is 7.31. The van der Waals surface area contributed by atoms with E-state index in [1.165, 1.54) is 0 Å². The van der Waals surface area contributed by atoms with Gasteiger partial charge in [-0.3, -0.25) is 4.98 Å². The minimum atomic E-state index is -1.03. The molecule has 0 N–H and O–H groups in total. The summed E-state index contributed by atoms with van der Waals surface area (Å²) in [5, 5.41) is 0. The number of ether oxygens (including phenoxy) is 4. The zero-order valence-corrected chi connectivity index (χ0v) is 15.8. The van der Waals surface area contributed by atoms with Crippen molar-refractivity contribution in [3.63, 3.8) is 0 Å². The molecule has 0 fully saturated rings. The van der Waals surface area contributed by atoms with Gasteiger partial charge in [0.1, 0.15) is 5.69 Å². The first kappa shape index (κ1) is 17.3. The first-order valence-corrected chi connectivity index (χ1v) is 8.24. The van der Waals surface area contributed by atoms with Crippen LogP contribution in [-0.4, -0.2) is 43.1 Å². The first-order valence-electron chi connectivity index (χ1n) is 6.40. The predicted molar refractivity (Wildman–Crippen MR) is 85.8 cm³/mol. The van der Waals surface area contributed by atoms with Gasteiger partial charge in [0.2, 0.25) is 11.6 Å². The summed E-state index contributed by atoms with van der Waals surface area (Å²) in [6.07, 6.45) is 0. The molecule has 0 aliphatic heterocycles. The molecule has 1 aliphatic rings. The van der Waals surface area contributed by atoms with E-state index in [4.69, 9.17) is 18.9 Å². The quantitative estimate of drug-likeness (QED) is 0.549. The number of pyridine rings is 1. The number of halogens is 2. The number of hydrogen-bond acceptors (Lipinski definition) is 5. The molecule has 21 heavy (non-hydrogen) atoms. The van der Waals surface area contributed by atoms with E-state index in [0.717, 1.165) is 11.3 Å². The number of fused-ring (bicyclic) bond motifs is 1. The van der Waals surface area contributed by atoms with E-state index >= 15 is 0 Å². The van der Waals surface area contributed by atoms with Crippen LogP contribution in [0.15, 0.2) is 12.1 Å². The number of aromatic nitrogens is 1. The van der Waals surface area contributed by atoms with Gasteiger partial charge in [0.15, 0.2) is 0 Å². The van der Waals surface area contributed by atoms with Crippen molar-refractivity contribution in [1.29, 1.82) is 0 Å². The van der Waals surface area contributed by atoms with Crippen molar-refractivity contribution in [2.24, 2.45) is 0 Å². The van der Waals surface area contributed by atoms with Gasteiger partial charge in [-0.15, -0.1) is 0 Å². The van der Waals surface area contributed by atoms with Gasteiger partial charge in [-0.2, -0.15) is 0 Å². The van der Waals surface area contributed by atoms with E-state index < -0.39 is 11.6 Å². The van der Waals surface area contributed by atoms with Gasteiger partial charge in [-0.05, 0) is 19.1 Å². The van der Waals surface area contributed by atoms with E-state index in [9.17, 15) is 0 Å². The lowest BCUT2D eigenvalue weighted by Gasteiger charge is -2.49. The number of methoxy groups -OCH3 is 4. The summed E-state index contributed by atoms with van der Waals surface area (Å²) in [7, 11) is 6.40. The van der Waals surface area contributed by atoms with Crippen molar-refractivity contribution in [2.75, 3.05) is 28.4 Å². The van der Waals surface area contributed by atoms with Gasteiger partial charge in [0, 0.05) is 39.7 Å². The molecular formula is C14H19Br2NO4. The molecule has 0 spiro atoms. The van der Waals surface area contributed by atoms with Gasteiger partial charge < -0.3 is 18.9 Å². The molecule has 2 atom stereocenters. The molecule has 1 heterocycles. The largest absolute Gasteiger partial charge is 0.348 e.